The van der Waals surface area contributed by atoms with E-state index >= 15 is 0 Å². The summed E-state index contributed by atoms with van der Waals surface area (Å²) in [4.78, 5) is 3.96. The molecule has 1 rings (SSSR count). The molecule has 0 spiro atoms. The highest BCUT2D eigenvalue weighted by Crippen LogP contribution is 2.15. The van der Waals surface area contributed by atoms with Crippen LogP contribution in [0.15, 0.2) is 18.3 Å². The van der Waals surface area contributed by atoms with Crippen LogP contribution in [-0.4, -0.2) is 11.1 Å². The number of rotatable bonds is 4. The molecule has 0 aliphatic rings. The number of nitrogens with two attached hydrogens (primary N) is 1. The van der Waals surface area contributed by atoms with Crippen LogP contribution in [0.4, 0.5) is 5.82 Å². The zero-order valence-electron chi connectivity index (χ0n) is 9.03. The van der Waals surface area contributed by atoms with Crippen LogP contribution in [0.1, 0.15) is 27.2 Å². The largest absolute Gasteiger partial charge is 0.489 e. The Bertz CT molecular complexity index is 269. The first kappa shape index (κ1) is 10.8. The summed E-state index contributed by atoms with van der Waals surface area (Å²) >= 11 is 0. The van der Waals surface area contributed by atoms with Crippen molar-refractivity contribution in [2.45, 2.75) is 33.3 Å². The van der Waals surface area contributed by atoms with E-state index in [-0.39, 0.29) is 6.10 Å². The molecule has 0 bridgehead atoms. The molecule has 1 aromatic rings. The van der Waals surface area contributed by atoms with Crippen LogP contribution in [0, 0.1) is 5.92 Å². The first-order chi connectivity index (χ1) is 6.58. The molecular weight excluding hydrogens is 176 g/mol. The van der Waals surface area contributed by atoms with Crippen LogP contribution in [0.2, 0.25) is 0 Å². The number of pyridine rings is 1. The molecule has 14 heavy (non-hydrogen) atoms. The predicted octanol–water partition coefficient (Wildman–Crippen LogP) is 2.48. The van der Waals surface area contributed by atoms with Crippen molar-refractivity contribution in [1.82, 2.24) is 4.98 Å². The third-order valence-electron chi connectivity index (χ3n) is 1.90. The fourth-order valence-corrected chi connectivity index (χ4v) is 1.41. The van der Waals surface area contributed by atoms with E-state index in [0.29, 0.717) is 11.7 Å². The van der Waals surface area contributed by atoms with Crippen molar-refractivity contribution in [3.8, 4) is 5.75 Å². The van der Waals surface area contributed by atoms with Gasteiger partial charge >= 0.3 is 0 Å². The van der Waals surface area contributed by atoms with Crippen LogP contribution in [0.3, 0.4) is 0 Å². The highest BCUT2D eigenvalue weighted by atomic mass is 16.5. The van der Waals surface area contributed by atoms with Gasteiger partial charge in [0.15, 0.2) is 0 Å². The summed E-state index contributed by atoms with van der Waals surface area (Å²) in [5, 5.41) is 0. The molecule has 0 saturated carbocycles. The third kappa shape index (κ3) is 3.64. The van der Waals surface area contributed by atoms with E-state index in [0.717, 1.165) is 12.2 Å². The van der Waals surface area contributed by atoms with Gasteiger partial charge in [0.1, 0.15) is 11.6 Å². The van der Waals surface area contributed by atoms with Gasteiger partial charge in [-0.15, -0.1) is 0 Å². The summed E-state index contributed by atoms with van der Waals surface area (Å²) in [6, 6.07) is 3.59. The minimum absolute atomic E-state index is 0.223. The van der Waals surface area contributed by atoms with Crippen molar-refractivity contribution in [2.75, 3.05) is 5.73 Å². The lowest BCUT2D eigenvalue weighted by Gasteiger charge is -2.16. The Morgan fingerprint density at radius 3 is 2.57 bits per heavy atom. The second-order valence-electron chi connectivity index (χ2n) is 3.98. The van der Waals surface area contributed by atoms with Gasteiger partial charge < -0.3 is 10.5 Å². The van der Waals surface area contributed by atoms with E-state index in [2.05, 4.69) is 25.8 Å². The number of aromatic nitrogens is 1. The Labute approximate surface area is 85.3 Å². The highest BCUT2D eigenvalue weighted by Gasteiger charge is 2.06. The van der Waals surface area contributed by atoms with Crippen molar-refractivity contribution in [2.24, 2.45) is 5.92 Å². The summed E-state index contributed by atoms with van der Waals surface area (Å²) < 4.78 is 5.66. The van der Waals surface area contributed by atoms with Crippen molar-refractivity contribution < 1.29 is 4.74 Å². The van der Waals surface area contributed by atoms with Crippen LogP contribution >= 0.6 is 0 Å². The van der Waals surface area contributed by atoms with E-state index < -0.39 is 0 Å². The lowest BCUT2D eigenvalue weighted by molar-refractivity contribution is 0.192. The summed E-state index contributed by atoms with van der Waals surface area (Å²) in [7, 11) is 0. The number of hydrogen-bond donors (Lipinski definition) is 1. The van der Waals surface area contributed by atoms with Gasteiger partial charge in [0.25, 0.3) is 0 Å². The van der Waals surface area contributed by atoms with Gasteiger partial charge in [0.2, 0.25) is 0 Å². The Kier molecular flexibility index (Phi) is 3.74. The molecule has 0 aliphatic heterocycles. The average Bonchev–Trinajstić information content (AvgIpc) is 2.07. The van der Waals surface area contributed by atoms with Gasteiger partial charge in [-0.1, -0.05) is 13.8 Å². The molecule has 3 heteroatoms. The Morgan fingerprint density at radius 2 is 2.07 bits per heavy atom. The lowest BCUT2D eigenvalue weighted by Crippen LogP contribution is -2.14. The number of ether oxygens (including phenoxy) is 1. The number of hydrogen-bond acceptors (Lipinski definition) is 3. The minimum Gasteiger partial charge on any atom is -0.489 e. The molecule has 1 heterocycles. The number of nitrogens with zero attached hydrogens (tertiary/aromatic N) is 1. The predicted molar refractivity (Wildman–Crippen MR) is 58.2 cm³/mol. The van der Waals surface area contributed by atoms with Gasteiger partial charge in [0.05, 0.1) is 12.3 Å². The number of anilines is 1. The number of nitrogen functional groups attached to an aromatic ring is 1. The molecule has 0 aromatic carbocycles. The van der Waals surface area contributed by atoms with Gasteiger partial charge in [-0.2, -0.15) is 0 Å². The van der Waals surface area contributed by atoms with Gasteiger partial charge in [0, 0.05) is 0 Å². The first-order valence-electron chi connectivity index (χ1n) is 4.96. The normalized spacial score (nSPS) is 12.9. The molecule has 0 radical (unpaired) electrons. The highest BCUT2D eigenvalue weighted by molar-refractivity contribution is 5.32. The average molecular weight is 194 g/mol. The molecule has 0 saturated heterocycles. The maximum absolute atomic E-state index is 5.66. The molecular formula is C11H18N2O. The second-order valence-corrected chi connectivity index (χ2v) is 3.98. The van der Waals surface area contributed by atoms with E-state index in [9.17, 15) is 0 Å². The topological polar surface area (TPSA) is 48.1 Å². The molecule has 2 N–H and O–H groups in total. The summed E-state index contributed by atoms with van der Waals surface area (Å²) in [6.45, 7) is 6.43. The summed E-state index contributed by atoms with van der Waals surface area (Å²) in [5.74, 6) is 1.95. The van der Waals surface area contributed by atoms with Gasteiger partial charge in [-0.25, -0.2) is 4.98 Å². The van der Waals surface area contributed by atoms with Crippen LogP contribution in [0.5, 0.6) is 5.75 Å². The monoisotopic (exact) mass is 194 g/mol. The fraction of sp³-hybridized carbons (Fsp3) is 0.545. The van der Waals surface area contributed by atoms with Crippen molar-refractivity contribution >= 4 is 5.82 Å². The van der Waals surface area contributed by atoms with E-state index in [1.165, 1.54) is 0 Å². The van der Waals surface area contributed by atoms with Crippen LogP contribution in [0.25, 0.3) is 0 Å². The van der Waals surface area contributed by atoms with Gasteiger partial charge in [-0.3, -0.25) is 0 Å². The maximum Gasteiger partial charge on any atom is 0.138 e. The fourth-order valence-electron chi connectivity index (χ4n) is 1.41. The Balaban J connectivity index is 2.47. The van der Waals surface area contributed by atoms with Crippen LogP contribution in [-0.2, 0) is 0 Å². The Hall–Kier alpha value is -1.25. The molecule has 0 fully saturated rings. The molecule has 1 aromatic heterocycles. The summed E-state index contributed by atoms with van der Waals surface area (Å²) in [6.07, 6.45) is 2.93. The zero-order valence-corrected chi connectivity index (χ0v) is 9.03. The third-order valence-corrected chi connectivity index (χ3v) is 1.90. The molecule has 0 aliphatic carbocycles. The van der Waals surface area contributed by atoms with Crippen molar-refractivity contribution in [3.63, 3.8) is 0 Å². The van der Waals surface area contributed by atoms with Crippen LogP contribution < -0.4 is 10.5 Å². The Morgan fingerprint density at radius 1 is 1.36 bits per heavy atom. The molecule has 3 nitrogen and oxygen atoms in total. The SMILES string of the molecule is CC(C)CC(C)Oc1ccc(N)nc1. The lowest BCUT2D eigenvalue weighted by atomic mass is 10.1. The molecule has 0 amide bonds. The standard InChI is InChI=1S/C11H18N2O/c1-8(2)6-9(3)14-10-4-5-11(12)13-7-10/h4-5,7-9H,6H2,1-3H3,(H2,12,13). The maximum atomic E-state index is 5.66. The quantitative estimate of drug-likeness (QED) is 0.801. The molecule has 1 unspecified atom stereocenters. The smallest absolute Gasteiger partial charge is 0.138 e. The molecule has 78 valence electrons. The van der Waals surface area contributed by atoms with E-state index in [4.69, 9.17) is 10.5 Å². The van der Waals surface area contributed by atoms with Gasteiger partial charge in [-0.05, 0) is 31.4 Å². The van der Waals surface area contributed by atoms with Crippen molar-refractivity contribution in [3.05, 3.63) is 18.3 Å². The first-order valence-corrected chi connectivity index (χ1v) is 4.96. The van der Waals surface area contributed by atoms with E-state index in [1.54, 1.807) is 12.3 Å². The minimum atomic E-state index is 0.223. The summed E-state index contributed by atoms with van der Waals surface area (Å²) in [5.41, 5.74) is 5.47. The second kappa shape index (κ2) is 4.84. The van der Waals surface area contributed by atoms with Crippen molar-refractivity contribution in [1.29, 1.82) is 0 Å². The zero-order chi connectivity index (χ0) is 10.6. The molecule has 1 atom stereocenters. The van der Waals surface area contributed by atoms with E-state index in [1.807, 2.05) is 6.07 Å².